The lowest BCUT2D eigenvalue weighted by Gasteiger charge is -2.14. The highest BCUT2D eigenvalue weighted by Crippen LogP contribution is 2.10. The van der Waals surface area contributed by atoms with E-state index in [-0.39, 0.29) is 12.0 Å². The number of nitrogens with one attached hydrogen (secondary N) is 1. The normalized spacial score (nSPS) is 12.2. The van der Waals surface area contributed by atoms with Crippen molar-refractivity contribution in [2.45, 2.75) is 19.4 Å². The van der Waals surface area contributed by atoms with Crippen molar-refractivity contribution in [1.29, 1.82) is 0 Å². The zero-order chi connectivity index (χ0) is 11.3. The van der Waals surface area contributed by atoms with Gasteiger partial charge in [-0.1, -0.05) is 24.3 Å². The summed E-state index contributed by atoms with van der Waals surface area (Å²) in [5, 5.41) is 2.95. The molecule has 3 heteroatoms. The van der Waals surface area contributed by atoms with Crippen LogP contribution in [0.25, 0.3) is 0 Å². The Morgan fingerprint density at radius 3 is 2.67 bits per heavy atom. The van der Waals surface area contributed by atoms with Crippen LogP contribution in [-0.4, -0.2) is 26.2 Å². The number of rotatable bonds is 4. The van der Waals surface area contributed by atoms with E-state index in [1.165, 1.54) is 18.2 Å². The molecule has 0 spiro atoms. The first-order valence-corrected chi connectivity index (χ1v) is 4.98. The van der Waals surface area contributed by atoms with Gasteiger partial charge < -0.3 is 10.1 Å². The SMILES string of the molecule is CN[C@@H](Cc1ccccc1C)C(=O)OC. The first kappa shape index (κ1) is 11.7. The highest BCUT2D eigenvalue weighted by atomic mass is 16.5. The van der Waals surface area contributed by atoms with Crippen LogP contribution in [0.2, 0.25) is 0 Å². The lowest BCUT2D eigenvalue weighted by atomic mass is 10.0. The summed E-state index contributed by atoms with van der Waals surface area (Å²) in [6, 6.07) is 7.77. The van der Waals surface area contributed by atoms with E-state index >= 15 is 0 Å². The van der Waals surface area contributed by atoms with Crippen molar-refractivity contribution in [2.24, 2.45) is 0 Å². The number of carbonyl (C=O) groups excluding carboxylic acids is 1. The van der Waals surface area contributed by atoms with Gasteiger partial charge in [0, 0.05) is 0 Å². The summed E-state index contributed by atoms with van der Waals surface area (Å²) in [6.45, 7) is 2.04. The fourth-order valence-electron chi connectivity index (χ4n) is 1.50. The smallest absolute Gasteiger partial charge is 0.323 e. The number of benzene rings is 1. The van der Waals surface area contributed by atoms with E-state index in [0.717, 1.165) is 0 Å². The average Bonchev–Trinajstić information content (AvgIpc) is 2.27. The Morgan fingerprint density at radius 2 is 2.13 bits per heavy atom. The quantitative estimate of drug-likeness (QED) is 0.756. The topological polar surface area (TPSA) is 38.3 Å². The number of ether oxygens (including phenoxy) is 1. The maximum atomic E-state index is 11.4. The summed E-state index contributed by atoms with van der Waals surface area (Å²) < 4.78 is 4.71. The fraction of sp³-hybridized carbons (Fsp3) is 0.417. The van der Waals surface area contributed by atoms with Crippen molar-refractivity contribution in [3.05, 3.63) is 35.4 Å². The Balaban J connectivity index is 2.75. The molecule has 0 bridgehead atoms. The summed E-state index contributed by atoms with van der Waals surface area (Å²) in [7, 11) is 3.17. The van der Waals surface area contributed by atoms with Gasteiger partial charge in [0.25, 0.3) is 0 Å². The Labute approximate surface area is 90.4 Å². The molecule has 15 heavy (non-hydrogen) atoms. The van der Waals surface area contributed by atoms with Crippen LogP contribution in [0.5, 0.6) is 0 Å². The Bertz CT molecular complexity index is 336. The van der Waals surface area contributed by atoms with Crippen molar-refractivity contribution < 1.29 is 9.53 Å². The summed E-state index contributed by atoms with van der Waals surface area (Å²) >= 11 is 0. The summed E-state index contributed by atoms with van der Waals surface area (Å²) in [6.07, 6.45) is 0.663. The largest absolute Gasteiger partial charge is 0.468 e. The molecular formula is C12H17NO2. The molecule has 0 heterocycles. The molecule has 0 fully saturated rings. The molecule has 1 N–H and O–H groups in total. The van der Waals surface area contributed by atoms with E-state index in [4.69, 9.17) is 4.74 Å². The molecule has 3 nitrogen and oxygen atoms in total. The highest BCUT2D eigenvalue weighted by molar-refractivity contribution is 5.76. The van der Waals surface area contributed by atoms with Gasteiger partial charge in [-0.25, -0.2) is 0 Å². The zero-order valence-corrected chi connectivity index (χ0v) is 9.41. The first-order valence-electron chi connectivity index (χ1n) is 4.98. The third-order valence-electron chi connectivity index (χ3n) is 2.52. The van der Waals surface area contributed by atoms with Gasteiger partial charge in [-0.05, 0) is 31.5 Å². The lowest BCUT2D eigenvalue weighted by molar-refractivity contribution is -0.142. The minimum atomic E-state index is -0.268. The van der Waals surface area contributed by atoms with Crippen LogP contribution in [0.1, 0.15) is 11.1 Å². The predicted octanol–water partition coefficient (Wildman–Crippen LogP) is 1.30. The molecule has 1 aromatic carbocycles. The molecule has 0 radical (unpaired) electrons. The second kappa shape index (κ2) is 5.51. The third-order valence-corrected chi connectivity index (χ3v) is 2.52. The van der Waals surface area contributed by atoms with E-state index in [9.17, 15) is 4.79 Å². The van der Waals surface area contributed by atoms with Gasteiger partial charge in [-0.3, -0.25) is 4.79 Å². The maximum Gasteiger partial charge on any atom is 0.323 e. The highest BCUT2D eigenvalue weighted by Gasteiger charge is 2.17. The lowest BCUT2D eigenvalue weighted by Crippen LogP contribution is -2.37. The van der Waals surface area contributed by atoms with Crippen molar-refractivity contribution in [2.75, 3.05) is 14.2 Å². The van der Waals surface area contributed by atoms with Gasteiger partial charge in [-0.2, -0.15) is 0 Å². The Morgan fingerprint density at radius 1 is 1.47 bits per heavy atom. The second-order valence-electron chi connectivity index (χ2n) is 3.50. The zero-order valence-electron chi connectivity index (χ0n) is 9.41. The van der Waals surface area contributed by atoms with Crippen molar-refractivity contribution >= 4 is 5.97 Å². The van der Waals surface area contributed by atoms with Crippen LogP contribution < -0.4 is 5.32 Å². The number of aryl methyl sites for hydroxylation is 1. The molecule has 0 amide bonds. The molecule has 0 aromatic heterocycles. The average molecular weight is 207 g/mol. The van der Waals surface area contributed by atoms with Crippen LogP contribution in [0, 0.1) is 6.92 Å². The number of esters is 1. The van der Waals surface area contributed by atoms with Crippen LogP contribution in [0.4, 0.5) is 0 Å². The van der Waals surface area contributed by atoms with E-state index in [1.807, 2.05) is 31.2 Å². The first-order chi connectivity index (χ1) is 7.19. The molecule has 1 rings (SSSR count). The number of likely N-dealkylation sites (N-methyl/N-ethyl adjacent to an activating group) is 1. The molecule has 0 aliphatic rings. The van der Waals surface area contributed by atoms with Crippen LogP contribution in [0.3, 0.4) is 0 Å². The van der Waals surface area contributed by atoms with Crippen LogP contribution in [-0.2, 0) is 16.0 Å². The third kappa shape index (κ3) is 3.06. The molecule has 0 saturated carbocycles. The fourth-order valence-corrected chi connectivity index (χ4v) is 1.50. The molecule has 1 atom stereocenters. The number of hydrogen-bond donors (Lipinski definition) is 1. The van der Waals surface area contributed by atoms with Gasteiger partial charge in [0.15, 0.2) is 0 Å². The molecule has 0 aliphatic heterocycles. The summed E-state index contributed by atoms with van der Waals surface area (Å²) in [5.41, 5.74) is 2.36. The van der Waals surface area contributed by atoms with Crippen molar-refractivity contribution in [3.8, 4) is 0 Å². The minimum absolute atomic E-state index is 0.222. The van der Waals surface area contributed by atoms with Crippen LogP contribution in [0.15, 0.2) is 24.3 Å². The second-order valence-corrected chi connectivity index (χ2v) is 3.50. The number of hydrogen-bond acceptors (Lipinski definition) is 3. The molecule has 0 saturated heterocycles. The molecule has 82 valence electrons. The predicted molar refractivity (Wildman–Crippen MR) is 59.7 cm³/mol. The van der Waals surface area contributed by atoms with Crippen molar-refractivity contribution in [1.82, 2.24) is 5.32 Å². The van der Waals surface area contributed by atoms with Crippen molar-refractivity contribution in [3.63, 3.8) is 0 Å². The molecule has 1 aromatic rings. The van der Waals surface area contributed by atoms with E-state index in [1.54, 1.807) is 7.05 Å². The number of methoxy groups -OCH3 is 1. The van der Waals surface area contributed by atoms with E-state index in [2.05, 4.69) is 5.32 Å². The standard InChI is InChI=1S/C12H17NO2/c1-9-6-4-5-7-10(9)8-11(13-2)12(14)15-3/h4-7,11,13H,8H2,1-3H3/t11-/m0/s1. The summed E-state index contributed by atoms with van der Waals surface area (Å²) in [5.74, 6) is -0.222. The molecular weight excluding hydrogens is 190 g/mol. The molecule has 0 unspecified atom stereocenters. The maximum absolute atomic E-state index is 11.4. The number of carbonyl (C=O) groups is 1. The Hall–Kier alpha value is -1.35. The molecule has 0 aliphatic carbocycles. The van der Waals surface area contributed by atoms with Gasteiger partial charge in [0.1, 0.15) is 6.04 Å². The van der Waals surface area contributed by atoms with Gasteiger partial charge in [0.05, 0.1) is 7.11 Å². The minimum Gasteiger partial charge on any atom is -0.468 e. The summed E-state index contributed by atoms with van der Waals surface area (Å²) in [4.78, 5) is 11.4. The monoisotopic (exact) mass is 207 g/mol. The van der Waals surface area contributed by atoms with E-state index in [0.29, 0.717) is 6.42 Å². The van der Waals surface area contributed by atoms with Crippen LogP contribution >= 0.6 is 0 Å². The van der Waals surface area contributed by atoms with E-state index < -0.39 is 0 Å². The van der Waals surface area contributed by atoms with Gasteiger partial charge >= 0.3 is 5.97 Å². The van der Waals surface area contributed by atoms with Gasteiger partial charge in [0.2, 0.25) is 0 Å². The Kier molecular flexibility index (Phi) is 4.31. The van der Waals surface area contributed by atoms with Gasteiger partial charge in [-0.15, -0.1) is 0 Å².